The van der Waals surface area contributed by atoms with Crippen LogP contribution < -0.4 is 5.32 Å². The summed E-state index contributed by atoms with van der Waals surface area (Å²) in [7, 11) is 1.63. The van der Waals surface area contributed by atoms with Crippen molar-refractivity contribution in [2.75, 3.05) is 7.05 Å². The van der Waals surface area contributed by atoms with Crippen molar-refractivity contribution in [2.24, 2.45) is 0 Å². The lowest BCUT2D eigenvalue weighted by molar-refractivity contribution is -0.121. The number of benzene rings is 1. The lowest BCUT2D eigenvalue weighted by Gasteiger charge is -2.10. The van der Waals surface area contributed by atoms with Crippen LogP contribution in [-0.2, 0) is 11.2 Å². The Morgan fingerprint density at radius 3 is 3.13 bits per heavy atom. The van der Waals surface area contributed by atoms with E-state index in [1.165, 1.54) is 11.6 Å². The summed E-state index contributed by atoms with van der Waals surface area (Å²) in [6, 6.07) is 4.88. The Morgan fingerprint density at radius 2 is 2.40 bits per heavy atom. The highest BCUT2D eigenvalue weighted by Gasteiger charge is 2.24. The lowest BCUT2D eigenvalue weighted by atomic mass is 9.97. The molecule has 1 unspecified atom stereocenters. The number of rotatable bonds is 2. The fourth-order valence-electron chi connectivity index (χ4n) is 2.20. The van der Waals surface area contributed by atoms with Gasteiger partial charge in [-0.05, 0) is 42.0 Å². The minimum absolute atomic E-state index is 0.0251. The van der Waals surface area contributed by atoms with Crippen LogP contribution >= 0.6 is 0 Å². The van der Waals surface area contributed by atoms with Crippen molar-refractivity contribution in [1.29, 1.82) is 0 Å². The molecule has 0 saturated carbocycles. The van der Waals surface area contributed by atoms with Gasteiger partial charge in [0, 0.05) is 13.5 Å². The van der Waals surface area contributed by atoms with Crippen molar-refractivity contribution in [3.8, 4) is 0 Å². The van der Waals surface area contributed by atoms with Gasteiger partial charge in [0.25, 0.3) is 0 Å². The lowest BCUT2D eigenvalue weighted by Crippen LogP contribution is -2.19. The highest BCUT2D eigenvalue weighted by Crippen LogP contribution is 2.35. The van der Waals surface area contributed by atoms with E-state index in [1.807, 2.05) is 6.07 Å². The third kappa shape index (κ3) is 2.01. The maximum atomic E-state index is 13.1. The Morgan fingerprint density at radius 1 is 1.60 bits per heavy atom. The van der Waals surface area contributed by atoms with Crippen LogP contribution in [0.4, 0.5) is 4.39 Å². The van der Waals surface area contributed by atoms with Crippen molar-refractivity contribution >= 4 is 5.91 Å². The summed E-state index contributed by atoms with van der Waals surface area (Å²) >= 11 is 0. The molecule has 0 radical (unpaired) electrons. The van der Waals surface area contributed by atoms with Gasteiger partial charge in [-0.2, -0.15) is 0 Å². The van der Waals surface area contributed by atoms with Crippen molar-refractivity contribution in [1.82, 2.24) is 5.32 Å². The normalized spacial score (nSPS) is 18.7. The fourth-order valence-corrected chi connectivity index (χ4v) is 2.20. The van der Waals surface area contributed by atoms with Gasteiger partial charge in [0.05, 0.1) is 0 Å². The second kappa shape index (κ2) is 4.01. The molecule has 1 aliphatic rings. The number of halogens is 1. The van der Waals surface area contributed by atoms with Gasteiger partial charge < -0.3 is 5.32 Å². The number of carbonyl (C=O) groups excluding carboxylic acids is 1. The number of fused-ring (bicyclic) bond motifs is 1. The van der Waals surface area contributed by atoms with Crippen molar-refractivity contribution in [3.05, 3.63) is 35.1 Å². The Balaban J connectivity index is 2.20. The van der Waals surface area contributed by atoms with Crippen LogP contribution in [-0.4, -0.2) is 13.0 Å². The van der Waals surface area contributed by atoms with Gasteiger partial charge in [0.15, 0.2) is 0 Å². The zero-order chi connectivity index (χ0) is 10.8. The molecule has 0 aliphatic heterocycles. The zero-order valence-corrected chi connectivity index (χ0v) is 8.72. The van der Waals surface area contributed by atoms with Crippen LogP contribution in [0, 0.1) is 5.82 Å². The molecule has 0 fully saturated rings. The minimum Gasteiger partial charge on any atom is -0.359 e. The summed E-state index contributed by atoms with van der Waals surface area (Å²) < 4.78 is 13.1. The number of carbonyl (C=O) groups is 1. The predicted molar refractivity (Wildman–Crippen MR) is 56.1 cm³/mol. The van der Waals surface area contributed by atoms with Crippen LogP contribution in [0.25, 0.3) is 0 Å². The van der Waals surface area contributed by atoms with Gasteiger partial charge in [-0.25, -0.2) is 4.39 Å². The van der Waals surface area contributed by atoms with E-state index in [4.69, 9.17) is 0 Å². The van der Waals surface area contributed by atoms with E-state index in [0.717, 1.165) is 18.4 Å². The monoisotopic (exact) mass is 207 g/mol. The summed E-state index contributed by atoms with van der Waals surface area (Å²) in [6.07, 6.45) is 2.37. The van der Waals surface area contributed by atoms with Gasteiger partial charge in [-0.3, -0.25) is 4.79 Å². The summed E-state index contributed by atoms with van der Waals surface area (Å²) in [5.41, 5.74) is 2.20. The second-order valence-electron chi connectivity index (χ2n) is 3.96. The van der Waals surface area contributed by atoms with Crippen LogP contribution in [0.1, 0.15) is 29.9 Å². The first-order chi connectivity index (χ1) is 7.20. The van der Waals surface area contributed by atoms with E-state index >= 15 is 0 Å². The standard InChI is InChI=1S/C12H14FNO/c1-14-12(15)6-9-3-2-8-4-5-10(13)7-11(8)9/h4-5,7,9H,2-3,6H2,1H3,(H,14,15). The number of hydrogen-bond donors (Lipinski definition) is 1. The van der Waals surface area contributed by atoms with Gasteiger partial charge in [0.1, 0.15) is 5.82 Å². The molecule has 1 aromatic rings. The molecule has 1 amide bonds. The molecule has 0 saturated heterocycles. The Kier molecular flexibility index (Phi) is 2.71. The molecule has 0 heterocycles. The molecule has 0 aromatic heterocycles. The van der Waals surface area contributed by atoms with E-state index < -0.39 is 0 Å². The van der Waals surface area contributed by atoms with Crippen LogP contribution in [0.5, 0.6) is 0 Å². The van der Waals surface area contributed by atoms with E-state index in [9.17, 15) is 9.18 Å². The van der Waals surface area contributed by atoms with Gasteiger partial charge in [-0.15, -0.1) is 0 Å². The van der Waals surface area contributed by atoms with Crippen molar-refractivity contribution < 1.29 is 9.18 Å². The molecule has 1 aliphatic carbocycles. The smallest absolute Gasteiger partial charge is 0.220 e. The Labute approximate surface area is 88.5 Å². The third-order valence-corrected chi connectivity index (χ3v) is 3.02. The SMILES string of the molecule is CNC(=O)CC1CCc2ccc(F)cc21. The highest BCUT2D eigenvalue weighted by atomic mass is 19.1. The van der Waals surface area contributed by atoms with Gasteiger partial charge in [0.2, 0.25) is 5.91 Å². The first-order valence-electron chi connectivity index (χ1n) is 5.19. The minimum atomic E-state index is -0.211. The van der Waals surface area contributed by atoms with Crippen LogP contribution in [0.2, 0.25) is 0 Å². The topological polar surface area (TPSA) is 29.1 Å². The predicted octanol–water partition coefficient (Wildman–Crippen LogP) is 1.99. The Hall–Kier alpha value is -1.38. The van der Waals surface area contributed by atoms with Crippen molar-refractivity contribution in [2.45, 2.75) is 25.2 Å². The average Bonchev–Trinajstić information content (AvgIpc) is 2.61. The number of aryl methyl sites for hydroxylation is 1. The summed E-state index contributed by atoms with van der Waals surface area (Å²) in [5, 5.41) is 2.60. The first-order valence-corrected chi connectivity index (χ1v) is 5.19. The Bertz CT molecular complexity index is 389. The molecular weight excluding hydrogens is 193 g/mol. The quantitative estimate of drug-likeness (QED) is 0.789. The molecule has 1 aromatic carbocycles. The molecule has 0 bridgehead atoms. The third-order valence-electron chi connectivity index (χ3n) is 3.02. The van der Waals surface area contributed by atoms with E-state index in [-0.39, 0.29) is 17.6 Å². The van der Waals surface area contributed by atoms with E-state index in [2.05, 4.69) is 5.32 Å². The first kappa shape index (κ1) is 10.1. The van der Waals surface area contributed by atoms with Crippen molar-refractivity contribution in [3.63, 3.8) is 0 Å². The summed E-state index contributed by atoms with van der Waals surface area (Å²) in [5.74, 6) is 0.00492. The molecule has 80 valence electrons. The molecule has 15 heavy (non-hydrogen) atoms. The van der Waals surface area contributed by atoms with E-state index in [1.54, 1.807) is 13.1 Å². The second-order valence-corrected chi connectivity index (χ2v) is 3.96. The molecule has 2 rings (SSSR count). The number of amides is 1. The largest absolute Gasteiger partial charge is 0.359 e. The maximum Gasteiger partial charge on any atom is 0.220 e. The molecule has 2 nitrogen and oxygen atoms in total. The number of hydrogen-bond acceptors (Lipinski definition) is 1. The molecule has 1 N–H and O–H groups in total. The molecule has 0 spiro atoms. The molecule has 3 heteroatoms. The molecule has 1 atom stereocenters. The van der Waals surface area contributed by atoms with Crippen LogP contribution in [0.3, 0.4) is 0 Å². The van der Waals surface area contributed by atoms with E-state index in [0.29, 0.717) is 6.42 Å². The fraction of sp³-hybridized carbons (Fsp3) is 0.417. The zero-order valence-electron chi connectivity index (χ0n) is 8.72. The van der Waals surface area contributed by atoms with Gasteiger partial charge >= 0.3 is 0 Å². The van der Waals surface area contributed by atoms with Crippen LogP contribution in [0.15, 0.2) is 18.2 Å². The number of nitrogens with one attached hydrogen (secondary N) is 1. The average molecular weight is 207 g/mol. The van der Waals surface area contributed by atoms with Gasteiger partial charge in [-0.1, -0.05) is 6.07 Å². The highest BCUT2D eigenvalue weighted by molar-refractivity contribution is 5.76. The maximum absolute atomic E-state index is 13.1. The summed E-state index contributed by atoms with van der Waals surface area (Å²) in [6.45, 7) is 0. The summed E-state index contributed by atoms with van der Waals surface area (Å²) in [4.78, 5) is 11.3. The molecular formula is C12H14FNO.